The van der Waals surface area contributed by atoms with Gasteiger partial charge >= 0.3 is 5.97 Å². The SMILES string of the molecule is CC(NC(=O)C1CCN(C)C(=O)C1)C(=O)O. The normalized spacial score (nSPS) is 22.8. The molecule has 6 heteroatoms. The van der Waals surface area contributed by atoms with Crippen LogP contribution in [-0.4, -0.2) is 47.4 Å². The minimum Gasteiger partial charge on any atom is -0.480 e. The highest BCUT2D eigenvalue weighted by atomic mass is 16.4. The van der Waals surface area contributed by atoms with Gasteiger partial charge in [0, 0.05) is 25.9 Å². The molecule has 0 aliphatic carbocycles. The Bertz CT molecular complexity index is 316. The fourth-order valence-corrected chi connectivity index (χ4v) is 1.56. The minimum atomic E-state index is -1.08. The molecule has 0 aromatic heterocycles. The van der Waals surface area contributed by atoms with Crippen LogP contribution in [0.5, 0.6) is 0 Å². The number of carbonyl (C=O) groups is 3. The van der Waals surface area contributed by atoms with Crippen molar-refractivity contribution in [2.75, 3.05) is 13.6 Å². The second kappa shape index (κ2) is 4.96. The molecule has 2 unspecified atom stereocenters. The molecule has 1 heterocycles. The zero-order chi connectivity index (χ0) is 12.3. The van der Waals surface area contributed by atoms with Crippen LogP contribution < -0.4 is 5.32 Å². The van der Waals surface area contributed by atoms with Crippen LogP contribution in [-0.2, 0) is 14.4 Å². The number of piperidine rings is 1. The number of amides is 2. The molecule has 0 radical (unpaired) electrons. The average molecular weight is 228 g/mol. The lowest BCUT2D eigenvalue weighted by Gasteiger charge is -2.28. The number of carboxylic acid groups (broad SMARTS) is 1. The molecule has 2 N–H and O–H groups in total. The molecular weight excluding hydrogens is 212 g/mol. The molecule has 1 rings (SSSR count). The van der Waals surface area contributed by atoms with Gasteiger partial charge in [0.05, 0.1) is 0 Å². The summed E-state index contributed by atoms with van der Waals surface area (Å²) in [5, 5.41) is 11.0. The lowest BCUT2D eigenvalue weighted by Crippen LogP contribution is -2.46. The Kier molecular flexibility index (Phi) is 3.87. The van der Waals surface area contributed by atoms with Crippen LogP contribution >= 0.6 is 0 Å². The van der Waals surface area contributed by atoms with Crippen molar-refractivity contribution in [3.8, 4) is 0 Å². The van der Waals surface area contributed by atoms with Gasteiger partial charge in [-0.05, 0) is 13.3 Å². The number of carboxylic acids is 1. The summed E-state index contributed by atoms with van der Waals surface area (Å²) in [6.45, 7) is 1.94. The molecule has 0 spiro atoms. The fraction of sp³-hybridized carbons (Fsp3) is 0.700. The van der Waals surface area contributed by atoms with Crippen molar-refractivity contribution in [1.29, 1.82) is 0 Å². The Morgan fingerprint density at radius 2 is 2.19 bits per heavy atom. The Labute approximate surface area is 93.6 Å². The monoisotopic (exact) mass is 228 g/mol. The number of nitrogens with one attached hydrogen (secondary N) is 1. The highest BCUT2D eigenvalue weighted by molar-refractivity contribution is 5.89. The third-order valence-electron chi connectivity index (χ3n) is 2.76. The Morgan fingerprint density at radius 3 is 2.69 bits per heavy atom. The summed E-state index contributed by atoms with van der Waals surface area (Å²) in [5.41, 5.74) is 0. The van der Waals surface area contributed by atoms with E-state index in [-0.39, 0.29) is 18.2 Å². The van der Waals surface area contributed by atoms with Crippen molar-refractivity contribution in [2.45, 2.75) is 25.8 Å². The highest BCUT2D eigenvalue weighted by Crippen LogP contribution is 2.17. The summed E-state index contributed by atoms with van der Waals surface area (Å²) in [5.74, 6) is -1.90. The summed E-state index contributed by atoms with van der Waals surface area (Å²) in [6, 6.07) is -0.915. The van der Waals surface area contributed by atoms with Gasteiger partial charge in [-0.3, -0.25) is 14.4 Å². The van der Waals surface area contributed by atoms with Crippen molar-refractivity contribution in [2.24, 2.45) is 5.92 Å². The molecule has 0 bridgehead atoms. The van der Waals surface area contributed by atoms with Crippen LogP contribution in [0.25, 0.3) is 0 Å². The molecule has 16 heavy (non-hydrogen) atoms. The first kappa shape index (κ1) is 12.5. The Hall–Kier alpha value is -1.59. The second-order valence-corrected chi connectivity index (χ2v) is 4.07. The standard InChI is InChI=1S/C10H16N2O4/c1-6(10(15)16)11-9(14)7-3-4-12(2)8(13)5-7/h6-7H,3-5H2,1-2H3,(H,11,14)(H,15,16). The molecule has 0 saturated carbocycles. The zero-order valence-electron chi connectivity index (χ0n) is 9.40. The minimum absolute atomic E-state index is 0.0746. The first-order valence-electron chi connectivity index (χ1n) is 5.19. The number of likely N-dealkylation sites (tertiary alicyclic amines) is 1. The summed E-state index contributed by atoms with van der Waals surface area (Å²) in [6.07, 6.45) is 0.745. The average Bonchev–Trinajstić information content (AvgIpc) is 2.21. The zero-order valence-corrected chi connectivity index (χ0v) is 9.40. The van der Waals surface area contributed by atoms with Crippen molar-refractivity contribution >= 4 is 17.8 Å². The largest absolute Gasteiger partial charge is 0.480 e. The summed E-state index contributed by atoms with van der Waals surface area (Å²) >= 11 is 0. The number of carbonyl (C=O) groups excluding carboxylic acids is 2. The number of hydrogen-bond donors (Lipinski definition) is 2. The topological polar surface area (TPSA) is 86.7 Å². The van der Waals surface area contributed by atoms with Gasteiger partial charge in [0.2, 0.25) is 11.8 Å². The summed E-state index contributed by atoms with van der Waals surface area (Å²) in [4.78, 5) is 35.1. The first-order chi connectivity index (χ1) is 7.41. The van der Waals surface area contributed by atoms with Gasteiger partial charge in [-0.2, -0.15) is 0 Å². The molecule has 2 amide bonds. The lowest BCUT2D eigenvalue weighted by molar-refractivity contribution is -0.143. The molecule has 1 fully saturated rings. The van der Waals surface area contributed by atoms with Gasteiger partial charge in [0.25, 0.3) is 0 Å². The molecule has 0 aromatic rings. The van der Waals surface area contributed by atoms with E-state index in [1.165, 1.54) is 6.92 Å². The second-order valence-electron chi connectivity index (χ2n) is 4.07. The molecule has 90 valence electrons. The van der Waals surface area contributed by atoms with E-state index in [1.807, 2.05) is 0 Å². The third-order valence-corrected chi connectivity index (χ3v) is 2.76. The van der Waals surface area contributed by atoms with Crippen LogP contribution in [0.15, 0.2) is 0 Å². The van der Waals surface area contributed by atoms with Crippen molar-refractivity contribution in [3.05, 3.63) is 0 Å². The van der Waals surface area contributed by atoms with E-state index in [0.29, 0.717) is 13.0 Å². The predicted molar refractivity (Wildman–Crippen MR) is 55.6 cm³/mol. The van der Waals surface area contributed by atoms with E-state index in [1.54, 1.807) is 11.9 Å². The maximum Gasteiger partial charge on any atom is 0.325 e. The summed E-state index contributed by atoms with van der Waals surface area (Å²) in [7, 11) is 1.69. The van der Waals surface area contributed by atoms with E-state index in [4.69, 9.17) is 5.11 Å². The lowest BCUT2D eigenvalue weighted by atomic mass is 9.95. The van der Waals surface area contributed by atoms with Gasteiger partial charge in [0.15, 0.2) is 0 Å². The number of nitrogens with zero attached hydrogens (tertiary/aromatic N) is 1. The van der Waals surface area contributed by atoms with Gasteiger partial charge in [-0.1, -0.05) is 0 Å². The number of aliphatic carboxylic acids is 1. The van der Waals surface area contributed by atoms with Gasteiger partial charge < -0.3 is 15.3 Å². The first-order valence-corrected chi connectivity index (χ1v) is 5.19. The van der Waals surface area contributed by atoms with Crippen molar-refractivity contribution < 1.29 is 19.5 Å². The molecule has 2 atom stereocenters. The van der Waals surface area contributed by atoms with Crippen LogP contribution in [0.2, 0.25) is 0 Å². The van der Waals surface area contributed by atoms with Gasteiger partial charge in [0.1, 0.15) is 6.04 Å². The molecular formula is C10H16N2O4. The number of rotatable bonds is 3. The van der Waals surface area contributed by atoms with E-state index in [2.05, 4.69) is 5.32 Å². The van der Waals surface area contributed by atoms with Crippen LogP contribution in [0.1, 0.15) is 19.8 Å². The molecule has 1 aliphatic rings. The van der Waals surface area contributed by atoms with E-state index < -0.39 is 17.9 Å². The predicted octanol–water partition coefficient (Wildman–Crippen LogP) is -0.556. The van der Waals surface area contributed by atoms with Crippen molar-refractivity contribution in [1.82, 2.24) is 10.2 Å². The van der Waals surface area contributed by atoms with Crippen molar-refractivity contribution in [3.63, 3.8) is 0 Å². The Morgan fingerprint density at radius 1 is 1.56 bits per heavy atom. The van der Waals surface area contributed by atoms with E-state index in [9.17, 15) is 14.4 Å². The van der Waals surface area contributed by atoms with Crippen LogP contribution in [0.3, 0.4) is 0 Å². The summed E-state index contributed by atoms with van der Waals surface area (Å²) < 4.78 is 0. The number of hydrogen-bond acceptors (Lipinski definition) is 3. The molecule has 0 aromatic carbocycles. The highest BCUT2D eigenvalue weighted by Gasteiger charge is 2.29. The van der Waals surface area contributed by atoms with E-state index >= 15 is 0 Å². The maximum atomic E-state index is 11.6. The van der Waals surface area contributed by atoms with Gasteiger partial charge in [-0.15, -0.1) is 0 Å². The Balaban J connectivity index is 2.49. The maximum absolute atomic E-state index is 11.6. The van der Waals surface area contributed by atoms with Crippen LogP contribution in [0.4, 0.5) is 0 Å². The third kappa shape index (κ3) is 2.95. The van der Waals surface area contributed by atoms with Gasteiger partial charge in [-0.25, -0.2) is 0 Å². The quantitative estimate of drug-likeness (QED) is 0.678. The fourth-order valence-electron chi connectivity index (χ4n) is 1.56. The molecule has 6 nitrogen and oxygen atoms in total. The van der Waals surface area contributed by atoms with E-state index in [0.717, 1.165) is 0 Å². The molecule has 1 aliphatic heterocycles. The molecule has 1 saturated heterocycles. The van der Waals surface area contributed by atoms with Crippen LogP contribution in [0, 0.1) is 5.92 Å². The smallest absolute Gasteiger partial charge is 0.325 e.